The third kappa shape index (κ3) is 22.9. The number of fused-ring (bicyclic) bond motifs is 2. The first-order valence-electron chi connectivity index (χ1n) is 26.8. The summed E-state index contributed by atoms with van der Waals surface area (Å²) in [5.41, 5.74) is 15.5. The highest BCUT2D eigenvalue weighted by atomic mass is 16.7. The van der Waals surface area contributed by atoms with Gasteiger partial charge < -0.3 is 96.6 Å². The number of nitrogens with two attached hydrogens (primary N) is 2. The van der Waals surface area contributed by atoms with Gasteiger partial charge in [-0.15, -0.1) is 0 Å². The van der Waals surface area contributed by atoms with Gasteiger partial charge in [-0.3, -0.25) is 20.4 Å². The number of esters is 1. The van der Waals surface area contributed by atoms with Gasteiger partial charge in [-0.25, -0.2) is 14.9 Å². The van der Waals surface area contributed by atoms with Crippen molar-refractivity contribution in [3.8, 4) is 5.75 Å². The number of nitrogen functional groups attached to an aromatic ring is 1. The number of aromatic nitrogens is 2. The predicted octanol–water partition coefficient (Wildman–Crippen LogP) is -1.91. The molecule has 3 aliphatic heterocycles. The summed E-state index contributed by atoms with van der Waals surface area (Å²) in [6.45, 7) is 6.07. The first kappa shape index (κ1) is 67.8. The van der Waals surface area contributed by atoms with E-state index in [1.807, 2.05) is 18.4 Å². The van der Waals surface area contributed by atoms with Crippen LogP contribution in [0.1, 0.15) is 79.1 Å². The molecule has 0 unspecified atom stereocenters. The van der Waals surface area contributed by atoms with Crippen molar-refractivity contribution in [3.05, 3.63) is 97.5 Å². The summed E-state index contributed by atoms with van der Waals surface area (Å²) in [7, 11) is 0. The van der Waals surface area contributed by atoms with Crippen molar-refractivity contribution in [2.45, 2.75) is 189 Å². The highest BCUT2D eigenvalue weighted by Gasteiger charge is 2.49. The number of nitrogens with one attached hydrogen (secondary N) is 4. The van der Waals surface area contributed by atoms with Crippen molar-refractivity contribution in [1.82, 2.24) is 25.9 Å². The van der Waals surface area contributed by atoms with E-state index in [1.165, 1.54) is 25.4 Å². The monoisotopic (exact) mass is 1150 g/mol. The maximum Gasteiger partial charge on any atom is 0.333 e. The van der Waals surface area contributed by atoms with E-state index in [4.69, 9.17) is 40.6 Å². The van der Waals surface area contributed by atoms with Crippen molar-refractivity contribution >= 4 is 23.9 Å². The van der Waals surface area contributed by atoms with E-state index < -0.39 is 172 Å². The van der Waals surface area contributed by atoms with Gasteiger partial charge in [0.1, 0.15) is 18.8 Å². The molecule has 0 radical (unpaired) electrons. The Morgan fingerprint density at radius 3 is 2.01 bits per heavy atom. The van der Waals surface area contributed by atoms with Crippen molar-refractivity contribution in [1.29, 1.82) is 5.41 Å². The van der Waals surface area contributed by atoms with E-state index in [2.05, 4.69) is 15.8 Å². The van der Waals surface area contributed by atoms with Gasteiger partial charge in [0, 0.05) is 37.5 Å². The highest BCUT2D eigenvalue weighted by Crippen LogP contribution is 2.35. The Kier molecular flexibility index (Phi) is 27.9. The Bertz CT molecular complexity index is 2350. The minimum Gasteiger partial charge on any atom is -0.487 e. The third-order valence-electron chi connectivity index (χ3n) is 13.9. The normalized spacial score (nSPS) is 39.0. The summed E-state index contributed by atoms with van der Waals surface area (Å²) in [6, 6.07) is -3.80. The van der Waals surface area contributed by atoms with Crippen LogP contribution in [0.3, 0.4) is 0 Å². The molecule has 81 heavy (non-hydrogen) atoms. The molecule has 2 fully saturated rings. The van der Waals surface area contributed by atoms with E-state index in [1.54, 1.807) is 86.8 Å². The molecule has 27 heteroatoms. The van der Waals surface area contributed by atoms with E-state index in [9.17, 15) is 70.6 Å². The molecule has 2 bridgehead atoms. The van der Waals surface area contributed by atoms with Gasteiger partial charge >= 0.3 is 12.0 Å². The molecular formula is C54H84N8O19. The van der Waals surface area contributed by atoms with Crippen LogP contribution in [0.25, 0.3) is 0 Å². The van der Waals surface area contributed by atoms with E-state index in [0.29, 0.717) is 0 Å². The average Bonchev–Trinajstić information content (AvgIpc) is 3.96. The number of rotatable bonds is 7. The summed E-state index contributed by atoms with van der Waals surface area (Å²) in [4.78, 5) is 38.9. The van der Waals surface area contributed by atoms with Crippen LogP contribution in [0.4, 0.5) is 4.79 Å². The van der Waals surface area contributed by atoms with E-state index in [-0.39, 0.29) is 37.4 Å². The predicted molar refractivity (Wildman–Crippen MR) is 291 cm³/mol. The number of carbonyl (C=O) groups excluding carboxylic acids is 3. The molecule has 2 saturated heterocycles. The molecule has 4 rings (SSSR count). The highest BCUT2D eigenvalue weighted by molar-refractivity contribution is 5.84. The zero-order valence-electron chi connectivity index (χ0n) is 45.8. The van der Waals surface area contributed by atoms with Crippen LogP contribution in [0.2, 0.25) is 0 Å². The number of carbonyl (C=O) groups is 3. The van der Waals surface area contributed by atoms with Crippen molar-refractivity contribution in [2.75, 3.05) is 6.61 Å². The van der Waals surface area contributed by atoms with Crippen molar-refractivity contribution in [3.63, 3.8) is 0 Å². The van der Waals surface area contributed by atoms with Crippen molar-refractivity contribution < 1.29 is 94.2 Å². The number of allylic oxidation sites excluding steroid dienone is 12. The van der Waals surface area contributed by atoms with Gasteiger partial charge in [-0.05, 0) is 33.1 Å². The zero-order chi connectivity index (χ0) is 60.0. The molecule has 1 aromatic rings. The Morgan fingerprint density at radius 1 is 0.778 bits per heavy atom. The van der Waals surface area contributed by atoms with Crippen LogP contribution in [0.15, 0.2) is 97.5 Å². The Labute approximate surface area is 470 Å². The molecule has 3 amide bonds. The SMILES string of the molecule is C[C@@H]1[C@H](O)[C@@H](C)/C=C/C=C/C=C/C=C/C=C/C=C/C=C/[C@H](O[C@@H]2O[C@H](C)[C@@H](O)[C@H](N)[C@@H]2O)C[C@@H]2O[C@](O)(C[C@@H](O)C[C@@H](O)[C@H](O)CC[C@@H](O)C[C@@H](O)CC(=O)O[C@H]1C)C[C@H](O)[C@H]2NC(=O)NNC(=O)[C@H](O)COc1cnn(C(=N)N)c1. The summed E-state index contributed by atoms with van der Waals surface area (Å²) < 4.78 is 29.9. The van der Waals surface area contributed by atoms with Gasteiger partial charge in [0.15, 0.2) is 23.9 Å². The third-order valence-corrected chi connectivity index (χ3v) is 13.9. The second kappa shape index (κ2) is 33.4. The number of cyclic esters (lactones) is 1. The summed E-state index contributed by atoms with van der Waals surface area (Å²) in [5.74, 6) is -5.45. The van der Waals surface area contributed by atoms with Crippen LogP contribution in [-0.2, 0) is 28.5 Å². The van der Waals surface area contributed by atoms with E-state index in [0.717, 1.165) is 4.68 Å². The number of hydrogen-bond donors (Lipinski definition) is 17. The number of amides is 3. The zero-order valence-corrected chi connectivity index (χ0v) is 45.8. The molecule has 3 aliphatic rings. The lowest BCUT2D eigenvalue weighted by atomic mass is 9.87. The quantitative estimate of drug-likeness (QED) is 0.0613. The Hall–Kier alpha value is -5.73. The minimum absolute atomic E-state index is 0.0582. The molecule has 1 aromatic heterocycles. The molecular weight excluding hydrogens is 1060 g/mol. The van der Waals surface area contributed by atoms with Crippen LogP contribution in [-0.4, -0.2) is 206 Å². The van der Waals surface area contributed by atoms with Gasteiger partial charge in [-0.1, -0.05) is 98.9 Å². The minimum atomic E-state index is -2.41. The molecule has 27 nitrogen and oxygen atoms in total. The topological polar surface area (TPSA) is 450 Å². The smallest absolute Gasteiger partial charge is 0.333 e. The first-order valence-corrected chi connectivity index (χ1v) is 26.8. The second-order valence-electron chi connectivity index (χ2n) is 20.6. The number of hydrazine groups is 1. The largest absolute Gasteiger partial charge is 0.487 e. The number of ether oxygens (including phenoxy) is 5. The molecule has 0 saturated carbocycles. The number of aliphatic hydroxyl groups is 11. The maximum atomic E-state index is 13.4. The standard InChI is InChI=1S/C54H84N8O19/c1-30-17-15-13-11-9-7-5-6-8-10-12-14-16-18-37(80-51-49(73)45(55)48(72)33(4)79-51)24-43-46(59-53(75)61-60-50(74)42(69)29-77-38-27-58-62(28-38)52(56)57)41(68)26-54(76,81-43)25-36(65)22-40(67)39(66)20-19-34(63)21-35(64)23-44(70)78-32(3)31(2)47(30)71/h5-18,27-28,30-37,39-43,45-49,51,63-69,71-73,76H,19-26,29,55H2,1-4H3,(H3,56,57)(H,60,74)(H2,59,61,75)/b6-5+,9-7+,10-8+,13-11+,14-12+,17-15+,18-16+/t30-,31-,32-,33+,34+,35+,36-,37-,39+,40+,41-,42+,43-,45-,46+,47+,48+,49-,51-,54+/m0/s1. The first-order chi connectivity index (χ1) is 38.3. The fraction of sp³-hybridized carbons (Fsp3) is 0.611. The summed E-state index contributed by atoms with van der Waals surface area (Å²) in [6.07, 6.45) is 2.79. The fourth-order valence-corrected chi connectivity index (χ4v) is 8.99. The number of urea groups is 1. The number of hydrogen-bond acceptors (Lipinski definition) is 22. The van der Waals surface area contributed by atoms with Gasteiger partial charge in [0.05, 0.1) is 98.0 Å². The molecule has 20 atom stereocenters. The Balaban J connectivity index is 1.59. The van der Waals surface area contributed by atoms with E-state index >= 15 is 0 Å². The molecule has 4 heterocycles. The fourth-order valence-electron chi connectivity index (χ4n) is 8.99. The molecule has 0 aliphatic carbocycles. The lowest BCUT2D eigenvalue weighted by molar-refractivity contribution is -0.303. The van der Waals surface area contributed by atoms with Crippen LogP contribution in [0.5, 0.6) is 5.75 Å². The lowest BCUT2D eigenvalue weighted by Gasteiger charge is -2.46. The summed E-state index contributed by atoms with van der Waals surface area (Å²) in [5, 5.41) is 134. The second-order valence-corrected chi connectivity index (χ2v) is 20.6. The van der Waals surface area contributed by atoms with Gasteiger partial charge in [0.2, 0.25) is 5.96 Å². The molecule has 19 N–H and O–H groups in total. The number of aliphatic hydroxyl groups excluding tert-OH is 10. The van der Waals surface area contributed by atoms with Crippen LogP contribution >= 0.6 is 0 Å². The average molecular weight is 1150 g/mol. The molecule has 454 valence electrons. The molecule has 0 spiro atoms. The van der Waals surface area contributed by atoms with Gasteiger partial charge in [-0.2, -0.15) is 5.10 Å². The molecule has 0 aromatic carbocycles. The van der Waals surface area contributed by atoms with Gasteiger partial charge in [0.25, 0.3) is 5.91 Å². The van der Waals surface area contributed by atoms with Crippen LogP contribution in [0, 0.1) is 17.2 Å². The maximum absolute atomic E-state index is 13.4. The van der Waals surface area contributed by atoms with Crippen LogP contribution < -0.4 is 32.4 Å². The Morgan fingerprint density at radius 2 is 1.40 bits per heavy atom. The summed E-state index contributed by atoms with van der Waals surface area (Å²) >= 11 is 0. The number of nitrogens with zero attached hydrogens (tertiary/aromatic N) is 2. The lowest BCUT2D eigenvalue weighted by Crippen LogP contribution is -2.64. The van der Waals surface area contributed by atoms with Crippen molar-refractivity contribution in [2.24, 2.45) is 23.3 Å².